The van der Waals surface area contributed by atoms with E-state index in [0.29, 0.717) is 28.6 Å². The Balaban J connectivity index is 0.00000109. The molecule has 1 atom stereocenters. The van der Waals surface area contributed by atoms with Gasteiger partial charge in [-0.1, -0.05) is 45.9 Å². The molecule has 3 heterocycles. The minimum atomic E-state index is -4.61. The molecule has 4 aromatic rings. The molecule has 0 aliphatic carbocycles. The number of rotatable bonds is 7. The lowest BCUT2D eigenvalue weighted by Gasteiger charge is -2.16. The van der Waals surface area contributed by atoms with Crippen molar-refractivity contribution in [2.24, 2.45) is 7.05 Å². The van der Waals surface area contributed by atoms with E-state index in [4.69, 9.17) is 5.11 Å². The summed E-state index contributed by atoms with van der Waals surface area (Å²) in [6.07, 6.45) is -2.48. The molecule has 1 aromatic carbocycles. The SMILES string of the molecule is CC.CC.CC(NCCO)c1nc(C(F)(F)F)cc2c(-c3cccc(Cc4nncn4C)c3)n[nH]c12. The van der Waals surface area contributed by atoms with E-state index in [1.807, 2.05) is 57.5 Å². The number of H-pyrrole nitrogens is 1. The molecule has 1 unspecified atom stereocenters. The van der Waals surface area contributed by atoms with Gasteiger partial charge < -0.3 is 15.0 Å². The molecule has 0 radical (unpaired) electrons. The fourth-order valence-electron chi connectivity index (χ4n) is 3.58. The van der Waals surface area contributed by atoms with Crippen molar-refractivity contribution in [2.45, 2.75) is 53.3 Å². The maximum absolute atomic E-state index is 13.6. The van der Waals surface area contributed by atoms with Crippen LogP contribution in [0.15, 0.2) is 36.7 Å². The zero-order chi connectivity index (χ0) is 26.9. The number of aromatic amines is 1. The molecule has 0 bridgehead atoms. The molecule has 0 amide bonds. The summed E-state index contributed by atoms with van der Waals surface area (Å²) in [4.78, 5) is 3.85. The zero-order valence-electron chi connectivity index (χ0n) is 21.5. The Morgan fingerprint density at radius 2 is 1.86 bits per heavy atom. The third kappa shape index (κ3) is 6.67. The number of fused-ring (bicyclic) bond motifs is 1. The average Bonchev–Trinajstić information content (AvgIpc) is 3.50. The fourth-order valence-corrected chi connectivity index (χ4v) is 3.58. The first-order chi connectivity index (χ1) is 17.3. The van der Waals surface area contributed by atoms with Crippen molar-refractivity contribution in [3.63, 3.8) is 0 Å². The predicted octanol–water partition coefficient (Wildman–Crippen LogP) is 5.06. The van der Waals surface area contributed by atoms with E-state index in [1.54, 1.807) is 19.3 Å². The number of nitrogens with one attached hydrogen (secondary N) is 2. The Morgan fingerprint density at radius 1 is 1.14 bits per heavy atom. The Bertz CT molecular complexity index is 1230. The van der Waals surface area contributed by atoms with Gasteiger partial charge in [0.05, 0.1) is 17.8 Å². The number of aryl methyl sites for hydroxylation is 1. The van der Waals surface area contributed by atoms with Crippen molar-refractivity contribution in [2.75, 3.05) is 13.2 Å². The number of halogens is 3. The minimum Gasteiger partial charge on any atom is -0.395 e. The molecule has 8 nitrogen and oxygen atoms in total. The molecule has 0 saturated carbocycles. The molecule has 0 aliphatic heterocycles. The Hall–Kier alpha value is -3.31. The molecule has 0 fully saturated rings. The Labute approximate surface area is 209 Å². The van der Waals surface area contributed by atoms with Gasteiger partial charge in [-0.15, -0.1) is 10.2 Å². The molecule has 36 heavy (non-hydrogen) atoms. The summed E-state index contributed by atoms with van der Waals surface area (Å²) in [5.74, 6) is 0.767. The number of aliphatic hydroxyl groups excluding tert-OH is 1. The van der Waals surface area contributed by atoms with Gasteiger partial charge in [-0.05, 0) is 24.6 Å². The molecule has 0 spiro atoms. The molecular formula is C25H34F3N7O. The normalized spacial score (nSPS) is 11.9. The number of aliphatic hydroxyl groups is 1. The first-order valence-electron chi connectivity index (χ1n) is 12.0. The molecule has 0 saturated heterocycles. The van der Waals surface area contributed by atoms with Crippen LogP contribution in [-0.2, 0) is 19.6 Å². The van der Waals surface area contributed by atoms with Crippen LogP contribution in [-0.4, -0.2) is 48.2 Å². The second kappa shape index (κ2) is 13.1. The van der Waals surface area contributed by atoms with E-state index in [2.05, 4.69) is 30.7 Å². The van der Waals surface area contributed by atoms with Crippen LogP contribution in [0, 0.1) is 0 Å². The standard InChI is InChI=1S/C21H22F3N7O.2C2H6/c1-12(25-6-7-32)18-20-15(10-16(27-18)21(22,23)24)19(29-30-20)14-5-3-4-13(8-14)9-17-28-26-11-31(17)2;2*1-2/h3-5,8,10-12,25,32H,6-7,9H2,1-2H3,(H,29,30);2*1-2H3. The number of benzene rings is 1. The molecule has 11 heteroatoms. The summed E-state index contributed by atoms with van der Waals surface area (Å²) in [5.41, 5.74) is 1.64. The largest absolute Gasteiger partial charge is 0.433 e. The van der Waals surface area contributed by atoms with E-state index in [-0.39, 0.29) is 18.8 Å². The number of pyridine rings is 1. The van der Waals surface area contributed by atoms with Crippen LogP contribution in [0.1, 0.15) is 63.4 Å². The second-order valence-corrected chi connectivity index (χ2v) is 7.52. The highest BCUT2D eigenvalue weighted by Gasteiger charge is 2.34. The van der Waals surface area contributed by atoms with Crippen molar-refractivity contribution in [1.82, 2.24) is 35.3 Å². The maximum atomic E-state index is 13.6. The number of alkyl halides is 3. The lowest BCUT2D eigenvalue weighted by Crippen LogP contribution is -2.24. The van der Waals surface area contributed by atoms with Gasteiger partial charge in [-0.2, -0.15) is 18.3 Å². The smallest absolute Gasteiger partial charge is 0.395 e. The van der Waals surface area contributed by atoms with E-state index in [0.717, 1.165) is 17.5 Å². The van der Waals surface area contributed by atoms with Gasteiger partial charge in [-0.3, -0.25) is 5.10 Å². The molecule has 3 N–H and O–H groups in total. The van der Waals surface area contributed by atoms with Crippen molar-refractivity contribution in [3.8, 4) is 11.3 Å². The summed E-state index contributed by atoms with van der Waals surface area (Å²) in [7, 11) is 1.85. The van der Waals surface area contributed by atoms with Gasteiger partial charge in [0.2, 0.25) is 0 Å². The van der Waals surface area contributed by atoms with Gasteiger partial charge >= 0.3 is 6.18 Å². The Kier molecular flexibility index (Phi) is 10.5. The molecule has 0 aliphatic rings. The lowest BCUT2D eigenvalue weighted by molar-refractivity contribution is -0.141. The summed E-state index contributed by atoms with van der Waals surface area (Å²) in [6, 6.07) is 7.93. The number of hydrogen-bond acceptors (Lipinski definition) is 6. The average molecular weight is 506 g/mol. The highest BCUT2D eigenvalue weighted by Crippen LogP contribution is 2.36. The topological polar surface area (TPSA) is 105 Å². The quantitative estimate of drug-likeness (QED) is 0.324. The summed E-state index contributed by atoms with van der Waals surface area (Å²) in [5, 5.41) is 27.5. The number of nitrogens with zero attached hydrogens (tertiary/aromatic N) is 5. The fraction of sp³-hybridized carbons (Fsp3) is 0.440. The van der Waals surface area contributed by atoms with Gasteiger partial charge in [0.25, 0.3) is 0 Å². The summed E-state index contributed by atoms with van der Waals surface area (Å²) < 4.78 is 42.6. The zero-order valence-corrected chi connectivity index (χ0v) is 21.5. The van der Waals surface area contributed by atoms with E-state index < -0.39 is 17.9 Å². The van der Waals surface area contributed by atoms with E-state index >= 15 is 0 Å². The number of aromatic nitrogens is 6. The first-order valence-corrected chi connectivity index (χ1v) is 12.0. The van der Waals surface area contributed by atoms with Crippen molar-refractivity contribution in [3.05, 3.63) is 59.4 Å². The van der Waals surface area contributed by atoms with Crippen LogP contribution in [0.4, 0.5) is 13.2 Å². The second-order valence-electron chi connectivity index (χ2n) is 7.52. The van der Waals surface area contributed by atoms with Crippen LogP contribution in [0.2, 0.25) is 0 Å². The van der Waals surface area contributed by atoms with Crippen molar-refractivity contribution >= 4 is 10.9 Å². The number of hydrogen-bond donors (Lipinski definition) is 3. The van der Waals surface area contributed by atoms with Crippen molar-refractivity contribution in [1.29, 1.82) is 0 Å². The monoisotopic (exact) mass is 505 g/mol. The van der Waals surface area contributed by atoms with Crippen LogP contribution >= 0.6 is 0 Å². The third-order valence-corrected chi connectivity index (χ3v) is 5.21. The highest BCUT2D eigenvalue weighted by atomic mass is 19.4. The van der Waals surface area contributed by atoms with E-state index in [1.165, 1.54) is 0 Å². The first kappa shape index (κ1) is 28.9. The summed E-state index contributed by atoms with van der Waals surface area (Å²) in [6.45, 7) is 9.78. The van der Waals surface area contributed by atoms with Crippen LogP contribution in [0.5, 0.6) is 0 Å². The van der Waals surface area contributed by atoms with Crippen LogP contribution in [0.25, 0.3) is 22.2 Å². The maximum Gasteiger partial charge on any atom is 0.433 e. The van der Waals surface area contributed by atoms with Crippen molar-refractivity contribution < 1.29 is 18.3 Å². The Morgan fingerprint density at radius 3 is 2.47 bits per heavy atom. The van der Waals surface area contributed by atoms with Crippen LogP contribution < -0.4 is 5.32 Å². The molecule has 3 aromatic heterocycles. The predicted molar refractivity (Wildman–Crippen MR) is 134 cm³/mol. The van der Waals surface area contributed by atoms with Gasteiger partial charge in [0.1, 0.15) is 23.5 Å². The highest BCUT2D eigenvalue weighted by molar-refractivity contribution is 5.94. The van der Waals surface area contributed by atoms with E-state index in [9.17, 15) is 13.2 Å². The van der Waals surface area contributed by atoms with Crippen LogP contribution in [0.3, 0.4) is 0 Å². The lowest BCUT2D eigenvalue weighted by atomic mass is 10.0. The molecular weight excluding hydrogens is 471 g/mol. The van der Waals surface area contributed by atoms with Gasteiger partial charge in [0.15, 0.2) is 0 Å². The third-order valence-electron chi connectivity index (χ3n) is 5.21. The molecule has 196 valence electrons. The van der Waals surface area contributed by atoms with Gasteiger partial charge in [-0.25, -0.2) is 4.98 Å². The minimum absolute atomic E-state index is 0.140. The van der Waals surface area contributed by atoms with Gasteiger partial charge in [0, 0.05) is 37.0 Å². The molecule has 4 rings (SSSR count). The summed E-state index contributed by atoms with van der Waals surface area (Å²) >= 11 is 0.